The lowest BCUT2D eigenvalue weighted by Gasteiger charge is -2.18. The van der Waals surface area contributed by atoms with Crippen molar-refractivity contribution in [2.75, 3.05) is 12.3 Å². The van der Waals surface area contributed by atoms with Crippen molar-refractivity contribution in [2.24, 2.45) is 0 Å². The van der Waals surface area contributed by atoms with Crippen molar-refractivity contribution in [1.29, 1.82) is 0 Å². The Morgan fingerprint density at radius 3 is 3.00 bits per heavy atom. The lowest BCUT2D eigenvalue weighted by atomic mass is 10.4. The number of hydrogen-bond donors (Lipinski definition) is 3. The fourth-order valence-electron chi connectivity index (χ4n) is 0.630. The molecule has 0 aliphatic carbocycles. The maximum absolute atomic E-state index is 4.10. The average molecular weight is 130 g/mol. The van der Waals surface area contributed by atoms with E-state index in [1.54, 1.807) is 0 Å². The predicted octanol–water partition coefficient (Wildman–Crippen LogP) is -0.0512. The minimum atomic E-state index is 0.364. The fraction of sp³-hybridized carbons (Fsp3) is 0.600. The molecule has 0 spiro atoms. The van der Waals surface area contributed by atoms with E-state index in [9.17, 15) is 0 Å². The van der Waals surface area contributed by atoms with Crippen molar-refractivity contribution in [2.45, 2.75) is 6.17 Å². The minimum Gasteiger partial charge on any atom is -0.375 e. The van der Waals surface area contributed by atoms with Crippen LogP contribution in [0.5, 0.6) is 0 Å². The van der Waals surface area contributed by atoms with E-state index < -0.39 is 0 Å². The van der Waals surface area contributed by atoms with Crippen LogP contribution in [-0.2, 0) is 0 Å². The SMILES string of the molecule is SCC1NC=CCN1. The van der Waals surface area contributed by atoms with Crippen molar-refractivity contribution >= 4 is 12.6 Å². The molecular weight excluding hydrogens is 120 g/mol. The second-order valence-corrected chi connectivity index (χ2v) is 2.08. The highest BCUT2D eigenvalue weighted by Crippen LogP contribution is 1.86. The van der Waals surface area contributed by atoms with Gasteiger partial charge in [0.05, 0.1) is 6.17 Å². The van der Waals surface area contributed by atoms with Gasteiger partial charge in [-0.1, -0.05) is 6.08 Å². The quantitative estimate of drug-likeness (QED) is 0.433. The van der Waals surface area contributed by atoms with Gasteiger partial charge in [0.2, 0.25) is 0 Å². The molecule has 8 heavy (non-hydrogen) atoms. The molecule has 0 aromatic heterocycles. The highest BCUT2D eigenvalue weighted by molar-refractivity contribution is 7.80. The predicted molar refractivity (Wildman–Crippen MR) is 37.9 cm³/mol. The minimum absolute atomic E-state index is 0.364. The van der Waals surface area contributed by atoms with Gasteiger partial charge in [-0.05, 0) is 6.20 Å². The molecule has 1 atom stereocenters. The summed E-state index contributed by atoms with van der Waals surface area (Å²) in [5.41, 5.74) is 0. The van der Waals surface area contributed by atoms with Crippen molar-refractivity contribution in [1.82, 2.24) is 10.6 Å². The average Bonchev–Trinajstić information content (AvgIpc) is 1.90. The first-order valence-corrected chi connectivity index (χ1v) is 3.32. The summed E-state index contributed by atoms with van der Waals surface area (Å²) in [5.74, 6) is 0.838. The summed E-state index contributed by atoms with van der Waals surface area (Å²) in [4.78, 5) is 0. The van der Waals surface area contributed by atoms with E-state index in [4.69, 9.17) is 0 Å². The van der Waals surface area contributed by atoms with E-state index in [2.05, 4.69) is 23.3 Å². The van der Waals surface area contributed by atoms with E-state index in [0.717, 1.165) is 12.3 Å². The second kappa shape index (κ2) is 2.99. The summed E-state index contributed by atoms with van der Waals surface area (Å²) in [6, 6.07) is 0. The smallest absolute Gasteiger partial charge is 0.0855 e. The number of thiol groups is 1. The van der Waals surface area contributed by atoms with Gasteiger partial charge in [-0.2, -0.15) is 12.6 Å². The first-order chi connectivity index (χ1) is 3.93. The highest BCUT2D eigenvalue weighted by atomic mass is 32.1. The van der Waals surface area contributed by atoms with Crippen LogP contribution >= 0.6 is 12.6 Å². The topological polar surface area (TPSA) is 24.1 Å². The summed E-state index contributed by atoms with van der Waals surface area (Å²) >= 11 is 4.10. The normalized spacial score (nSPS) is 27.4. The van der Waals surface area contributed by atoms with E-state index in [1.807, 2.05) is 12.3 Å². The first-order valence-electron chi connectivity index (χ1n) is 2.69. The van der Waals surface area contributed by atoms with Crippen LogP contribution in [0.4, 0.5) is 0 Å². The summed E-state index contributed by atoms with van der Waals surface area (Å²) in [6.45, 7) is 0.957. The monoisotopic (exact) mass is 130 g/mol. The Bertz CT molecular complexity index is 92.4. The molecule has 1 unspecified atom stereocenters. The Balaban J connectivity index is 2.27. The van der Waals surface area contributed by atoms with Gasteiger partial charge >= 0.3 is 0 Å². The molecule has 2 N–H and O–H groups in total. The molecule has 2 nitrogen and oxygen atoms in total. The van der Waals surface area contributed by atoms with Crippen LogP contribution < -0.4 is 10.6 Å². The van der Waals surface area contributed by atoms with Crippen LogP contribution in [0.25, 0.3) is 0 Å². The van der Waals surface area contributed by atoms with Crippen molar-refractivity contribution in [3.05, 3.63) is 12.3 Å². The molecule has 1 aliphatic heterocycles. The zero-order valence-electron chi connectivity index (χ0n) is 4.59. The molecule has 1 rings (SSSR count). The Kier molecular flexibility index (Phi) is 2.24. The number of rotatable bonds is 1. The molecule has 0 bridgehead atoms. The largest absolute Gasteiger partial charge is 0.375 e. The zero-order valence-corrected chi connectivity index (χ0v) is 5.49. The number of nitrogens with one attached hydrogen (secondary N) is 2. The van der Waals surface area contributed by atoms with Crippen LogP contribution in [0, 0.1) is 0 Å². The molecule has 0 amide bonds. The highest BCUT2D eigenvalue weighted by Gasteiger charge is 2.02. The van der Waals surface area contributed by atoms with Crippen LogP contribution in [-0.4, -0.2) is 18.5 Å². The van der Waals surface area contributed by atoms with Gasteiger partial charge in [0.15, 0.2) is 0 Å². The van der Waals surface area contributed by atoms with Crippen LogP contribution in [0.2, 0.25) is 0 Å². The van der Waals surface area contributed by atoms with Gasteiger partial charge in [0, 0.05) is 12.3 Å². The molecule has 0 radical (unpaired) electrons. The third-order valence-corrected chi connectivity index (χ3v) is 1.45. The molecule has 0 aromatic rings. The van der Waals surface area contributed by atoms with Gasteiger partial charge in [0.1, 0.15) is 0 Å². The van der Waals surface area contributed by atoms with Gasteiger partial charge < -0.3 is 5.32 Å². The maximum atomic E-state index is 4.10. The Morgan fingerprint density at radius 1 is 1.75 bits per heavy atom. The van der Waals surface area contributed by atoms with Crippen LogP contribution in [0.3, 0.4) is 0 Å². The van der Waals surface area contributed by atoms with Gasteiger partial charge in [0.25, 0.3) is 0 Å². The molecule has 0 fully saturated rings. The third kappa shape index (κ3) is 1.42. The molecule has 3 heteroatoms. The molecule has 0 saturated carbocycles. The summed E-state index contributed by atoms with van der Waals surface area (Å²) in [7, 11) is 0. The van der Waals surface area contributed by atoms with Gasteiger partial charge in [-0.15, -0.1) is 0 Å². The van der Waals surface area contributed by atoms with E-state index >= 15 is 0 Å². The van der Waals surface area contributed by atoms with Crippen molar-refractivity contribution in [3.63, 3.8) is 0 Å². The summed E-state index contributed by atoms with van der Waals surface area (Å²) in [5, 5.41) is 6.30. The van der Waals surface area contributed by atoms with E-state index in [1.165, 1.54) is 0 Å². The Morgan fingerprint density at radius 2 is 2.62 bits per heavy atom. The summed E-state index contributed by atoms with van der Waals surface area (Å²) < 4.78 is 0. The first kappa shape index (κ1) is 5.98. The van der Waals surface area contributed by atoms with Crippen molar-refractivity contribution in [3.8, 4) is 0 Å². The number of hydrogen-bond acceptors (Lipinski definition) is 3. The standard InChI is InChI=1S/C5H10N2S/c8-4-5-6-2-1-3-7-5/h1-2,5-8H,3-4H2. The maximum Gasteiger partial charge on any atom is 0.0855 e. The van der Waals surface area contributed by atoms with E-state index in [0.29, 0.717) is 6.17 Å². The Hall–Kier alpha value is -0.150. The molecule has 46 valence electrons. The lowest BCUT2D eigenvalue weighted by Crippen LogP contribution is -2.43. The molecule has 1 heterocycles. The van der Waals surface area contributed by atoms with Gasteiger partial charge in [-0.3, -0.25) is 5.32 Å². The lowest BCUT2D eigenvalue weighted by molar-refractivity contribution is 0.523. The van der Waals surface area contributed by atoms with Gasteiger partial charge in [-0.25, -0.2) is 0 Å². The second-order valence-electron chi connectivity index (χ2n) is 1.71. The molecule has 0 saturated heterocycles. The third-order valence-electron chi connectivity index (χ3n) is 1.08. The Labute approximate surface area is 54.8 Å². The molecular formula is C5H10N2S. The van der Waals surface area contributed by atoms with E-state index in [-0.39, 0.29) is 0 Å². The van der Waals surface area contributed by atoms with Crippen LogP contribution in [0.1, 0.15) is 0 Å². The van der Waals surface area contributed by atoms with Crippen molar-refractivity contribution < 1.29 is 0 Å². The summed E-state index contributed by atoms with van der Waals surface area (Å²) in [6.07, 6.45) is 4.36. The van der Waals surface area contributed by atoms with Crippen LogP contribution in [0.15, 0.2) is 12.3 Å². The molecule has 1 aliphatic rings. The molecule has 0 aromatic carbocycles. The fourth-order valence-corrected chi connectivity index (χ4v) is 0.864. The zero-order chi connectivity index (χ0) is 5.82.